The number of hydrogen-bond acceptors (Lipinski definition) is 4. The zero-order valence-corrected chi connectivity index (χ0v) is 12.9. The predicted molar refractivity (Wildman–Crippen MR) is 83.4 cm³/mol. The Morgan fingerprint density at radius 3 is 3.14 bits per heavy atom. The van der Waals surface area contributed by atoms with Crippen LogP contribution >= 0.6 is 11.3 Å². The minimum Gasteiger partial charge on any atom is -0.395 e. The number of nitrogens with zero attached hydrogens (tertiary/aromatic N) is 2. The molecule has 0 aromatic carbocycles. The maximum absolute atomic E-state index is 12.6. The van der Waals surface area contributed by atoms with Gasteiger partial charge in [-0.3, -0.25) is 9.69 Å². The van der Waals surface area contributed by atoms with E-state index in [0.717, 1.165) is 29.4 Å². The molecule has 21 heavy (non-hydrogen) atoms. The van der Waals surface area contributed by atoms with Gasteiger partial charge in [0, 0.05) is 32.1 Å². The Hall–Kier alpha value is -1.35. The number of carbonyl (C=O) groups excluding carboxylic acids is 1. The number of fused-ring (bicyclic) bond motifs is 1. The standard InChI is InChI=1S/C16H20N2O2S/c19-11-2-1-5-14-6-7-15(21-14)16(20)18-10-9-17-8-3-4-13(17)12-18/h6-7,13,19H,2-4,8-12H2. The van der Waals surface area contributed by atoms with Crippen LogP contribution < -0.4 is 0 Å². The van der Waals surface area contributed by atoms with Crippen molar-refractivity contribution in [2.45, 2.75) is 25.3 Å². The lowest BCUT2D eigenvalue weighted by molar-refractivity contribution is 0.0576. The van der Waals surface area contributed by atoms with Crippen LogP contribution in [0, 0.1) is 11.8 Å². The smallest absolute Gasteiger partial charge is 0.264 e. The summed E-state index contributed by atoms with van der Waals surface area (Å²) in [5, 5.41) is 8.72. The van der Waals surface area contributed by atoms with Crippen LogP contribution in [0.4, 0.5) is 0 Å². The molecule has 2 aliphatic heterocycles. The molecule has 112 valence electrons. The van der Waals surface area contributed by atoms with E-state index in [1.54, 1.807) is 0 Å². The fourth-order valence-corrected chi connectivity index (χ4v) is 3.91. The first-order valence-electron chi connectivity index (χ1n) is 7.51. The van der Waals surface area contributed by atoms with E-state index in [1.807, 2.05) is 17.0 Å². The highest BCUT2D eigenvalue weighted by atomic mass is 32.1. The van der Waals surface area contributed by atoms with Gasteiger partial charge in [0.25, 0.3) is 5.91 Å². The van der Waals surface area contributed by atoms with Gasteiger partial charge in [-0.1, -0.05) is 11.8 Å². The Morgan fingerprint density at radius 1 is 1.38 bits per heavy atom. The van der Waals surface area contributed by atoms with Crippen molar-refractivity contribution in [3.8, 4) is 11.8 Å². The second-order valence-corrected chi connectivity index (χ2v) is 6.61. The highest BCUT2D eigenvalue weighted by Crippen LogP contribution is 2.24. The summed E-state index contributed by atoms with van der Waals surface area (Å²) in [5.74, 6) is 6.02. The fraction of sp³-hybridized carbons (Fsp3) is 0.562. The molecule has 2 fully saturated rings. The zero-order chi connectivity index (χ0) is 14.7. The minimum atomic E-state index is 0.0792. The van der Waals surface area contributed by atoms with E-state index >= 15 is 0 Å². The number of amides is 1. The van der Waals surface area contributed by atoms with E-state index in [9.17, 15) is 4.79 Å². The van der Waals surface area contributed by atoms with E-state index in [-0.39, 0.29) is 12.5 Å². The molecule has 1 N–H and O–H groups in total. The van der Waals surface area contributed by atoms with E-state index in [2.05, 4.69) is 16.7 Å². The summed E-state index contributed by atoms with van der Waals surface area (Å²) in [7, 11) is 0. The Morgan fingerprint density at radius 2 is 2.29 bits per heavy atom. The SMILES string of the molecule is O=C(c1ccc(C#CCCO)s1)N1CCN2CCCC2C1. The van der Waals surface area contributed by atoms with Gasteiger partial charge in [0.1, 0.15) is 0 Å². The number of hydrogen-bond donors (Lipinski definition) is 1. The van der Waals surface area contributed by atoms with Gasteiger partial charge in [0.05, 0.1) is 16.4 Å². The molecule has 0 spiro atoms. The topological polar surface area (TPSA) is 43.8 Å². The molecule has 2 saturated heterocycles. The summed E-state index contributed by atoms with van der Waals surface area (Å²) in [6, 6.07) is 4.33. The van der Waals surface area contributed by atoms with Gasteiger partial charge in [0.15, 0.2) is 0 Å². The second-order valence-electron chi connectivity index (χ2n) is 5.52. The third kappa shape index (κ3) is 3.29. The van der Waals surface area contributed by atoms with Crippen molar-refractivity contribution in [3.63, 3.8) is 0 Å². The van der Waals surface area contributed by atoms with Gasteiger partial charge in [0.2, 0.25) is 0 Å². The molecule has 3 rings (SSSR count). The molecule has 3 heterocycles. The van der Waals surface area contributed by atoms with E-state index in [1.165, 1.54) is 30.7 Å². The number of aliphatic hydroxyl groups excluding tert-OH is 1. The molecule has 5 heteroatoms. The van der Waals surface area contributed by atoms with Crippen LogP contribution in [0.1, 0.15) is 33.8 Å². The zero-order valence-electron chi connectivity index (χ0n) is 12.0. The number of thiophene rings is 1. The normalized spacial score (nSPS) is 21.8. The van der Waals surface area contributed by atoms with Crippen molar-refractivity contribution in [3.05, 3.63) is 21.9 Å². The number of rotatable bonds is 2. The Bertz CT molecular complexity index is 572. The fourth-order valence-electron chi connectivity index (χ4n) is 3.06. The molecule has 1 aromatic rings. The molecule has 1 unspecified atom stereocenters. The van der Waals surface area contributed by atoms with Gasteiger partial charge in [-0.05, 0) is 31.5 Å². The van der Waals surface area contributed by atoms with Crippen LogP contribution in [-0.2, 0) is 0 Å². The van der Waals surface area contributed by atoms with E-state index in [4.69, 9.17) is 5.11 Å². The van der Waals surface area contributed by atoms with E-state index < -0.39 is 0 Å². The van der Waals surface area contributed by atoms with Crippen LogP contribution in [0.2, 0.25) is 0 Å². The average Bonchev–Trinajstić information content (AvgIpc) is 3.15. The van der Waals surface area contributed by atoms with Crippen molar-refractivity contribution >= 4 is 17.2 Å². The predicted octanol–water partition coefficient (Wildman–Crippen LogP) is 1.40. The molecule has 1 aromatic heterocycles. The molecular weight excluding hydrogens is 284 g/mol. The van der Waals surface area contributed by atoms with Crippen molar-refractivity contribution in [1.82, 2.24) is 9.80 Å². The molecule has 0 aliphatic carbocycles. The highest BCUT2D eigenvalue weighted by molar-refractivity contribution is 7.14. The molecule has 0 radical (unpaired) electrons. The summed E-state index contributed by atoms with van der Waals surface area (Å²) >= 11 is 1.45. The summed E-state index contributed by atoms with van der Waals surface area (Å²) in [6.07, 6.45) is 2.95. The summed E-state index contributed by atoms with van der Waals surface area (Å²) in [4.78, 5) is 18.7. The third-order valence-corrected chi connectivity index (χ3v) is 5.13. The van der Waals surface area contributed by atoms with Gasteiger partial charge in [-0.15, -0.1) is 11.3 Å². The van der Waals surface area contributed by atoms with Crippen LogP contribution in [0.25, 0.3) is 0 Å². The Kier molecular flexibility index (Phi) is 4.59. The average molecular weight is 304 g/mol. The Labute approximate surface area is 129 Å². The van der Waals surface area contributed by atoms with Crippen LogP contribution in [0.5, 0.6) is 0 Å². The van der Waals surface area contributed by atoms with Crippen LogP contribution in [0.3, 0.4) is 0 Å². The lowest BCUT2D eigenvalue weighted by atomic mass is 10.1. The highest BCUT2D eigenvalue weighted by Gasteiger charge is 2.33. The minimum absolute atomic E-state index is 0.0792. The maximum Gasteiger partial charge on any atom is 0.264 e. The van der Waals surface area contributed by atoms with Crippen molar-refractivity contribution < 1.29 is 9.90 Å². The molecule has 1 atom stereocenters. The number of aliphatic hydroxyl groups is 1. The molecule has 0 bridgehead atoms. The van der Waals surface area contributed by atoms with Crippen molar-refractivity contribution in [2.75, 3.05) is 32.8 Å². The first-order chi connectivity index (χ1) is 10.3. The molecular formula is C16H20N2O2S. The van der Waals surface area contributed by atoms with E-state index in [0.29, 0.717) is 12.5 Å². The number of piperazine rings is 1. The van der Waals surface area contributed by atoms with Crippen LogP contribution in [0.15, 0.2) is 12.1 Å². The molecule has 1 amide bonds. The lowest BCUT2D eigenvalue weighted by Crippen LogP contribution is -2.51. The first-order valence-corrected chi connectivity index (χ1v) is 8.32. The van der Waals surface area contributed by atoms with Gasteiger partial charge in [-0.2, -0.15) is 0 Å². The Balaban J connectivity index is 1.64. The van der Waals surface area contributed by atoms with Gasteiger partial charge >= 0.3 is 0 Å². The third-order valence-electron chi connectivity index (χ3n) is 4.14. The first kappa shape index (κ1) is 14.6. The summed E-state index contributed by atoms with van der Waals surface area (Å²) in [5.41, 5.74) is 0. The van der Waals surface area contributed by atoms with Crippen LogP contribution in [-0.4, -0.2) is 59.6 Å². The second kappa shape index (κ2) is 6.61. The lowest BCUT2D eigenvalue weighted by Gasteiger charge is -2.37. The van der Waals surface area contributed by atoms with Crippen molar-refractivity contribution in [1.29, 1.82) is 0 Å². The quantitative estimate of drug-likeness (QED) is 0.840. The van der Waals surface area contributed by atoms with Gasteiger partial charge in [-0.25, -0.2) is 0 Å². The maximum atomic E-state index is 12.6. The summed E-state index contributed by atoms with van der Waals surface area (Å²) in [6.45, 7) is 3.97. The number of carbonyl (C=O) groups is 1. The molecule has 4 nitrogen and oxygen atoms in total. The molecule has 0 saturated carbocycles. The monoisotopic (exact) mass is 304 g/mol. The molecule has 2 aliphatic rings. The largest absolute Gasteiger partial charge is 0.395 e. The summed E-state index contributed by atoms with van der Waals surface area (Å²) < 4.78 is 0. The van der Waals surface area contributed by atoms with Crippen molar-refractivity contribution in [2.24, 2.45) is 0 Å². The van der Waals surface area contributed by atoms with Gasteiger partial charge < -0.3 is 10.0 Å².